The molecule has 1 fully saturated rings. The molecular weight excluding hydrogens is 368 g/mol. The maximum atomic E-state index is 10.9. The molecule has 0 aliphatic carbocycles. The Balaban J connectivity index is 1.55. The molecule has 0 spiro atoms. The normalized spacial score (nSPS) is 14.9. The van der Waals surface area contributed by atoms with E-state index in [-0.39, 0.29) is 11.8 Å². The van der Waals surface area contributed by atoms with E-state index in [0.29, 0.717) is 23.9 Å². The van der Waals surface area contributed by atoms with Gasteiger partial charge in [0.25, 0.3) is 5.69 Å². The van der Waals surface area contributed by atoms with Gasteiger partial charge in [-0.15, -0.1) is 0 Å². The number of hydrogen-bond donors (Lipinski definition) is 1. The zero-order valence-electron chi connectivity index (χ0n) is 15.2. The highest BCUT2D eigenvalue weighted by molar-refractivity contribution is 6.33. The number of aryl methyl sites for hydroxylation is 1. The van der Waals surface area contributed by atoms with E-state index < -0.39 is 4.92 Å². The largest absolute Gasteiger partial charge is 0.381 e. The van der Waals surface area contributed by atoms with Gasteiger partial charge in [-0.05, 0) is 36.5 Å². The van der Waals surface area contributed by atoms with E-state index in [0.717, 1.165) is 42.7 Å². The summed E-state index contributed by atoms with van der Waals surface area (Å²) in [4.78, 5) is 10.5. The monoisotopic (exact) mass is 390 g/mol. The molecule has 0 amide bonds. The molecule has 2 aromatic carbocycles. The van der Waals surface area contributed by atoms with Crippen LogP contribution in [0.25, 0.3) is 0 Å². The highest BCUT2D eigenvalue weighted by Gasteiger charge is 2.14. The molecule has 1 aliphatic rings. The van der Waals surface area contributed by atoms with E-state index in [1.54, 1.807) is 6.92 Å². The molecule has 1 N–H and O–H groups in total. The molecule has 27 heavy (non-hydrogen) atoms. The minimum Gasteiger partial charge on any atom is -0.381 e. The lowest BCUT2D eigenvalue weighted by Crippen LogP contribution is -2.23. The summed E-state index contributed by atoms with van der Waals surface area (Å²) in [6, 6.07) is 11.1. The molecule has 1 aliphatic heterocycles. The standard InChI is InChI=1S/C20H23ClN2O4/c1-14-10-17(23(24)25)11-19(21)20(14)22-12-15-2-4-16(5-3-15)13-27-18-6-8-26-9-7-18/h2-5,10-11,18,22H,6-9,12-13H2,1H3. The predicted octanol–water partition coefficient (Wildman–Crippen LogP) is 4.86. The first-order valence-electron chi connectivity index (χ1n) is 8.98. The highest BCUT2D eigenvalue weighted by Crippen LogP contribution is 2.31. The summed E-state index contributed by atoms with van der Waals surface area (Å²) in [6.07, 6.45) is 2.20. The Kier molecular flexibility index (Phi) is 6.66. The maximum Gasteiger partial charge on any atom is 0.271 e. The number of anilines is 1. The van der Waals surface area contributed by atoms with Crippen LogP contribution in [0.4, 0.5) is 11.4 Å². The molecule has 0 bridgehead atoms. The van der Waals surface area contributed by atoms with Crippen molar-refractivity contribution in [2.75, 3.05) is 18.5 Å². The molecule has 1 heterocycles. The van der Waals surface area contributed by atoms with Gasteiger partial charge in [-0.1, -0.05) is 35.9 Å². The molecule has 0 atom stereocenters. The Morgan fingerprint density at radius 3 is 2.52 bits per heavy atom. The van der Waals surface area contributed by atoms with Gasteiger partial charge in [-0.3, -0.25) is 10.1 Å². The number of nitrogens with zero attached hydrogens (tertiary/aromatic N) is 1. The average Bonchev–Trinajstić information content (AvgIpc) is 2.67. The Morgan fingerprint density at radius 2 is 1.89 bits per heavy atom. The Bertz CT molecular complexity index is 766. The number of ether oxygens (including phenoxy) is 2. The minimum absolute atomic E-state index is 0.00284. The second-order valence-electron chi connectivity index (χ2n) is 6.67. The molecular formula is C20H23ClN2O4. The van der Waals surface area contributed by atoms with Crippen LogP contribution in [0, 0.1) is 17.0 Å². The SMILES string of the molecule is Cc1cc([N+](=O)[O-])cc(Cl)c1NCc1ccc(COC2CCOCC2)cc1. The summed E-state index contributed by atoms with van der Waals surface area (Å²) in [7, 11) is 0. The third-order valence-corrected chi connectivity index (χ3v) is 4.93. The van der Waals surface area contributed by atoms with Gasteiger partial charge in [0.1, 0.15) is 0 Å². The van der Waals surface area contributed by atoms with Crippen LogP contribution in [0.3, 0.4) is 0 Å². The van der Waals surface area contributed by atoms with Crippen LogP contribution in [-0.4, -0.2) is 24.2 Å². The third kappa shape index (κ3) is 5.42. The fraction of sp³-hybridized carbons (Fsp3) is 0.400. The lowest BCUT2D eigenvalue weighted by atomic mass is 10.1. The van der Waals surface area contributed by atoms with Crippen molar-refractivity contribution >= 4 is 23.0 Å². The van der Waals surface area contributed by atoms with Crippen molar-refractivity contribution in [3.8, 4) is 0 Å². The lowest BCUT2D eigenvalue weighted by Gasteiger charge is -2.22. The summed E-state index contributed by atoms with van der Waals surface area (Å²) >= 11 is 6.19. The smallest absolute Gasteiger partial charge is 0.271 e. The van der Waals surface area contributed by atoms with Crippen LogP contribution in [-0.2, 0) is 22.6 Å². The van der Waals surface area contributed by atoms with E-state index in [9.17, 15) is 10.1 Å². The molecule has 0 radical (unpaired) electrons. The molecule has 0 saturated carbocycles. The van der Waals surface area contributed by atoms with Crippen LogP contribution >= 0.6 is 11.6 Å². The molecule has 2 aromatic rings. The van der Waals surface area contributed by atoms with Crippen molar-refractivity contribution < 1.29 is 14.4 Å². The van der Waals surface area contributed by atoms with Gasteiger partial charge in [0, 0.05) is 31.9 Å². The molecule has 0 aromatic heterocycles. The summed E-state index contributed by atoms with van der Waals surface area (Å²) in [6.45, 7) is 4.54. The van der Waals surface area contributed by atoms with Gasteiger partial charge in [0.05, 0.1) is 28.3 Å². The minimum atomic E-state index is -0.441. The van der Waals surface area contributed by atoms with E-state index in [1.807, 2.05) is 12.1 Å². The fourth-order valence-electron chi connectivity index (χ4n) is 3.06. The Labute approximate surface area is 163 Å². The molecule has 3 rings (SSSR count). The van der Waals surface area contributed by atoms with E-state index in [4.69, 9.17) is 21.1 Å². The van der Waals surface area contributed by atoms with Crippen LogP contribution in [0.15, 0.2) is 36.4 Å². The van der Waals surface area contributed by atoms with Crippen molar-refractivity contribution in [2.24, 2.45) is 0 Å². The number of non-ortho nitro benzene ring substituents is 1. The van der Waals surface area contributed by atoms with Gasteiger partial charge >= 0.3 is 0 Å². The summed E-state index contributed by atoms with van der Waals surface area (Å²) in [5.74, 6) is 0. The van der Waals surface area contributed by atoms with Crippen molar-refractivity contribution in [1.82, 2.24) is 0 Å². The first kappa shape index (κ1) is 19.6. The summed E-state index contributed by atoms with van der Waals surface area (Å²) in [5.41, 5.74) is 3.69. The summed E-state index contributed by atoms with van der Waals surface area (Å²) < 4.78 is 11.3. The number of rotatable bonds is 7. The second kappa shape index (κ2) is 9.17. The van der Waals surface area contributed by atoms with Gasteiger partial charge in [-0.2, -0.15) is 0 Å². The molecule has 0 unspecified atom stereocenters. The van der Waals surface area contributed by atoms with Gasteiger partial charge in [-0.25, -0.2) is 0 Å². The van der Waals surface area contributed by atoms with Crippen molar-refractivity contribution in [1.29, 1.82) is 0 Å². The topological polar surface area (TPSA) is 73.6 Å². The van der Waals surface area contributed by atoms with Crippen molar-refractivity contribution in [2.45, 2.75) is 39.0 Å². The number of hydrogen-bond acceptors (Lipinski definition) is 5. The average molecular weight is 391 g/mol. The maximum absolute atomic E-state index is 10.9. The third-order valence-electron chi connectivity index (χ3n) is 4.63. The van der Waals surface area contributed by atoms with Crippen LogP contribution < -0.4 is 5.32 Å². The number of nitro benzene ring substituents is 1. The number of halogens is 1. The fourth-order valence-corrected chi connectivity index (χ4v) is 3.38. The zero-order valence-corrected chi connectivity index (χ0v) is 16.0. The quantitative estimate of drug-likeness (QED) is 0.539. The summed E-state index contributed by atoms with van der Waals surface area (Å²) in [5, 5.41) is 14.5. The Morgan fingerprint density at radius 1 is 1.22 bits per heavy atom. The molecule has 144 valence electrons. The number of nitrogens with one attached hydrogen (secondary N) is 1. The van der Waals surface area contributed by atoms with Gasteiger partial charge in [0.15, 0.2) is 0 Å². The molecule has 1 saturated heterocycles. The zero-order chi connectivity index (χ0) is 19.2. The first-order chi connectivity index (χ1) is 13.0. The highest BCUT2D eigenvalue weighted by atomic mass is 35.5. The van der Waals surface area contributed by atoms with Crippen LogP contribution in [0.2, 0.25) is 5.02 Å². The van der Waals surface area contributed by atoms with E-state index >= 15 is 0 Å². The Hall–Kier alpha value is -2.15. The van der Waals surface area contributed by atoms with E-state index in [1.165, 1.54) is 12.1 Å². The first-order valence-corrected chi connectivity index (χ1v) is 9.36. The lowest BCUT2D eigenvalue weighted by molar-refractivity contribution is -0.384. The van der Waals surface area contributed by atoms with Crippen molar-refractivity contribution in [3.63, 3.8) is 0 Å². The van der Waals surface area contributed by atoms with Crippen LogP contribution in [0.1, 0.15) is 29.5 Å². The number of nitro groups is 1. The van der Waals surface area contributed by atoms with E-state index in [2.05, 4.69) is 17.4 Å². The van der Waals surface area contributed by atoms with Gasteiger partial charge in [0.2, 0.25) is 0 Å². The second-order valence-corrected chi connectivity index (χ2v) is 7.08. The van der Waals surface area contributed by atoms with Crippen molar-refractivity contribution in [3.05, 3.63) is 68.2 Å². The molecule has 6 nitrogen and oxygen atoms in total. The predicted molar refractivity (Wildman–Crippen MR) is 105 cm³/mol. The van der Waals surface area contributed by atoms with Gasteiger partial charge < -0.3 is 14.8 Å². The van der Waals surface area contributed by atoms with Crippen LogP contribution in [0.5, 0.6) is 0 Å². The number of benzene rings is 2. The molecule has 7 heteroatoms.